The van der Waals surface area contributed by atoms with Gasteiger partial charge < -0.3 is 10.6 Å². The lowest BCUT2D eigenvalue weighted by Crippen LogP contribution is -2.44. The van der Waals surface area contributed by atoms with Gasteiger partial charge in [-0.15, -0.1) is 0 Å². The molecular formula is C19H22N4O2. The number of nitrogens with one attached hydrogen (secondary N) is 2. The van der Waals surface area contributed by atoms with Crippen molar-refractivity contribution >= 4 is 23.3 Å². The van der Waals surface area contributed by atoms with E-state index in [4.69, 9.17) is 0 Å². The number of hydrogen-bond donors (Lipinski definition) is 2. The Hall–Kier alpha value is -2.73. The van der Waals surface area contributed by atoms with Crippen LogP contribution in [0.4, 0.5) is 11.5 Å². The zero-order chi connectivity index (χ0) is 17.5. The number of para-hydroxylation sites is 1. The van der Waals surface area contributed by atoms with Crippen molar-refractivity contribution in [3.63, 3.8) is 0 Å². The van der Waals surface area contributed by atoms with Crippen LogP contribution in [0.15, 0.2) is 54.7 Å². The molecule has 0 spiro atoms. The maximum Gasteiger partial charge on any atom is 0.238 e. The lowest BCUT2D eigenvalue weighted by atomic mass is 9.97. The molecule has 25 heavy (non-hydrogen) atoms. The Bertz CT molecular complexity index is 706. The van der Waals surface area contributed by atoms with Crippen molar-refractivity contribution in [3.05, 3.63) is 54.7 Å². The topological polar surface area (TPSA) is 74.3 Å². The summed E-state index contributed by atoms with van der Waals surface area (Å²) in [6, 6.07) is 14.8. The average molecular weight is 338 g/mol. The zero-order valence-corrected chi connectivity index (χ0v) is 14.0. The fourth-order valence-electron chi connectivity index (χ4n) is 3.00. The van der Waals surface area contributed by atoms with E-state index in [1.807, 2.05) is 47.4 Å². The van der Waals surface area contributed by atoms with Gasteiger partial charge in [-0.2, -0.15) is 0 Å². The van der Waals surface area contributed by atoms with Crippen LogP contribution >= 0.6 is 0 Å². The molecule has 1 aliphatic rings. The molecule has 0 aliphatic carbocycles. The fourth-order valence-corrected chi connectivity index (χ4v) is 3.00. The first kappa shape index (κ1) is 17.1. The van der Waals surface area contributed by atoms with Crippen LogP contribution in [0.1, 0.15) is 12.8 Å². The van der Waals surface area contributed by atoms with E-state index in [1.54, 1.807) is 12.3 Å². The maximum absolute atomic E-state index is 12.4. The number of piperidine rings is 1. The molecule has 1 aromatic carbocycles. The number of amides is 2. The quantitative estimate of drug-likeness (QED) is 0.878. The molecule has 2 aromatic rings. The normalized spacial score (nSPS) is 17.7. The number of anilines is 2. The minimum atomic E-state index is -0.125. The van der Waals surface area contributed by atoms with Crippen LogP contribution in [-0.4, -0.2) is 41.3 Å². The highest BCUT2D eigenvalue weighted by atomic mass is 16.2. The van der Waals surface area contributed by atoms with Crippen LogP contribution in [0.25, 0.3) is 0 Å². The summed E-state index contributed by atoms with van der Waals surface area (Å²) in [5.41, 5.74) is 0.786. The first-order valence-electron chi connectivity index (χ1n) is 8.50. The molecule has 1 aromatic heterocycles. The van der Waals surface area contributed by atoms with E-state index in [2.05, 4.69) is 15.6 Å². The summed E-state index contributed by atoms with van der Waals surface area (Å²) < 4.78 is 0. The molecule has 3 rings (SSSR count). The second kappa shape index (κ2) is 8.39. The van der Waals surface area contributed by atoms with Crippen LogP contribution in [0.3, 0.4) is 0 Å². The van der Waals surface area contributed by atoms with Gasteiger partial charge in [0.1, 0.15) is 5.82 Å². The van der Waals surface area contributed by atoms with E-state index in [0.717, 1.165) is 25.1 Å². The third kappa shape index (κ3) is 5.12. The van der Waals surface area contributed by atoms with Crippen molar-refractivity contribution < 1.29 is 9.59 Å². The Morgan fingerprint density at radius 3 is 2.64 bits per heavy atom. The van der Waals surface area contributed by atoms with Gasteiger partial charge in [-0.3, -0.25) is 14.5 Å². The van der Waals surface area contributed by atoms with Gasteiger partial charge in [0.25, 0.3) is 0 Å². The van der Waals surface area contributed by atoms with Gasteiger partial charge in [-0.05, 0) is 43.7 Å². The summed E-state index contributed by atoms with van der Waals surface area (Å²) in [6.07, 6.45) is 3.38. The summed E-state index contributed by atoms with van der Waals surface area (Å²) >= 11 is 0. The van der Waals surface area contributed by atoms with Crippen molar-refractivity contribution in [3.8, 4) is 0 Å². The lowest BCUT2D eigenvalue weighted by molar-refractivity contribution is -0.123. The average Bonchev–Trinajstić information content (AvgIpc) is 2.63. The Balaban J connectivity index is 1.50. The number of carbonyl (C=O) groups excluding carboxylic acids is 2. The van der Waals surface area contributed by atoms with Crippen molar-refractivity contribution in [2.24, 2.45) is 5.92 Å². The number of benzene rings is 1. The number of nitrogens with zero attached hydrogens (tertiary/aromatic N) is 2. The van der Waals surface area contributed by atoms with Crippen LogP contribution in [0, 0.1) is 5.92 Å². The smallest absolute Gasteiger partial charge is 0.238 e. The fraction of sp³-hybridized carbons (Fsp3) is 0.316. The molecule has 6 heteroatoms. The molecule has 0 saturated carbocycles. The highest BCUT2D eigenvalue weighted by Gasteiger charge is 2.27. The van der Waals surface area contributed by atoms with Crippen molar-refractivity contribution in [1.82, 2.24) is 9.88 Å². The highest BCUT2D eigenvalue weighted by molar-refractivity contribution is 5.93. The van der Waals surface area contributed by atoms with Crippen LogP contribution < -0.4 is 10.6 Å². The van der Waals surface area contributed by atoms with Crippen molar-refractivity contribution in [1.29, 1.82) is 0 Å². The molecule has 1 atom stereocenters. The Kier molecular flexibility index (Phi) is 5.74. The van der Waals surface area contributed by atoms with Crippen LogP contribution in [0.5, 0.6) is 0 Å². The van der Waals surface area contributed by atoms with E-state index in [1.165, 1.54) is 0 Å². The Labute approximate surface area is 147 Å². The van der Waals surface area contributed by atoms with Crippen molar-refractivity contribution in [2.75, 3.05) is 30.3 Å². The molecule has 2 heterocycles. The highest BCUT2D eigenvalue weighted by Crippen LogP contribution is 2.18. The van der Waals surface area contributed by atoms with E-state index >= 15 is 0 Å². The van der Waals surface area contributed by atoms with E-state index in [9.17, 15) is 9.59 Å². The summed E-state index contributed by atoms with van der Waals surface area (Å²) in [5, 5.41) is 5.73. The van der Waals surface area contributed by atoms with Crippen LogP contribution in [0.2, 0.25) is 0 Å². The zero-order valence-electron chi connectivity index (χ0n) is 14.0. The molecule has 2 N–H and O–H groups in total. The second-order valence-electron chi connectivity index (χ2n) is 6.19. The van der Waals surface area contributed by atoms with Gasteiger partial charge in [-0.25, -0.2) is 4.98 Å². The number of likely N-dealkylation sites (tertiary alicyclic amines) is 1. The molecular weight excluding hydrogens is 316 g/mol. The van der Waals surface area contributed by atoms with Gasteiger partial charge in [-0.1, -0.05) is 24.3 Å². The number of pyridine rings is 1. The molecule has 1 unspecified atom stereocenters. The molecule has 0 radical (unpaired) electrons. The summed E-state index contributed by atoms with van der Waals surface area (Å²) in [4.78, 5) is 30.7. The van der Waals surface area contributed by atoms with Crippen molar-refractivity contribution in [2.45, 2.75) is 12.8 Å². The van der Waals surface area contributed by atoms with Gasteiger partial charge in [0, 0.05) is 18.4 Å². The summed E-state index contributed by atoms with van der Waals surface area (Å²) in [6.45, 7) is 1.71. The Morgan fingerprint density at radius 1 is 1.08 bits per heavy atom. The van der Waals surface area contributed by atoms with E-state index in [-0.39, 0.29) is 17.7 Å². The van der Waals surface area contributed by atoms with E-state index < -0.39 is 0 Å². The molecule has 6 nitrogen and oxygen atoms in total. The number of aromatic nitrogens is 1. The largest absolute Gasteiger partial charge is 0.325 e. The van der Waals surface area contributed by atoms with Gasteiger partial charge >= 0.3 is 0 Å². The SMILES string of the molecule is O=C(CN1CCCC(C(=O)Nc2ccccn2)C1)Nc1ccccc1. The molecule has 1 saturated heterocycles. The van der Waals surface area contributed by atoms with E-state index in [0.29, 0.717) is 18.9 Å². The number of carbonyl (C=O) groups is 2. The standard InChI is InChI=1S/C19H22N4O2/c24-18(21-16-8-2-1-3-9-16)14-23-12-6-7-15(13-23)19(25)22-17-10-4-5-11-20-17/h1-5,8-11,15H,6-7,12-14H2,(H,21,24)(H,20,22,25). The minimum Gasteiger partial charge on any atom is -0.325 e. The Morgan fingerprint density at radius 2 is 1.88 bits per heavy atom. The molecule has 0 bridgehead atoms. The lowest BCUT2D eigenvalue weighted by Gasteiger charge is -2.31. The maximum atomic E-state index is 12.4. The molecule has 1 aliphatic heterocycles. The molecule has 1 fully saturated rings. The first-order valence-corrected chi connectivity index (χ1v) is 8.50. The monoisotopic (exact) mass is 338 g/mol. The van der Waals surface area contributed by atoms with Gasteiger partial charge in [0.15, 0.2) is 0 Å². The molecule has 130 valence electrons. The summed E-state index contributed by atoms with van der Waals surface area (Å²) in [7, 11) is 0. The molecule has 2 amide bonds. The predicted molar refractivity (Wildman–Crippen MR) is 97.1 cm³/mol. The summed E-state index contributed by atoms with van der Waals surface area (Å²) in [5.74, 6) is 0.343. The predicted octanol–water partition coefficient (Wildman–Crippen LogP) is 2.37. The van der Waals surface area contributed by atoms with Gasteiger partial charge in [0.05, 0.1) is 12.5 Å². The first-order chi connectivity index (χ1) is 12.2. The number of rotatable bonds is 5. The second-order valence-corrected chi connectivity index (χ2v) is 6.19. The minimum absolute atomic E-state index is 0.0353. The third-order valence-electron chi connectivity index (χ3n) is 4.22. The van der Waals surface area contributed by atoms with Gasteiger partial charge in [0.2, 0.25) is 11.8 Å². The third-order valence-corrected chi connectivity index (χ3v) is 4.22. The van der Waals surface area contributed by atoms with Crippen LogP contribution in [-0.2, 0) is 9.59 Å². The number of hydrogen-bond acceptors (Lipinski definition) is 4.